The molecule has 1 saturated heterocycles. The summed E-state index contributed by atoms with van der Waals surface area (Å²) in [5, 5.41) is 8.13. The number of carbonyl (C=O) groups excluding carboxylic acids is 2. The summed E-state index contributed by atoms with van der Waals surface area (Å²) in [6.07, 6.45) is 4.55. The Morgan fingerprint density at radius 1 is 1.24 bits per heavy atom. The van der Waals surface area contributed by atoms with Crippen molar-refractivity contribution in [3.8, 4) is 0 Å². The Labute approximate surface area is 169 Å². The lowest BCUT2D eigenvalue weighted by molar-refractivity contribution is -0.122. The van der Waals surface area contributed by atoms with Crippen LogP contribution in [0.15, 0.2) is 42.7 Å². The number of fused-ring (bicyclic) bond motifs is 1. The third-order valence-electron chi connectivity index (χ3n) is 5.34. The second-order valence-corrected chi connectivity index (χ2v) is 7.73. The molecule has 1 atom stereocenters. The fourth-order valence-electron chi connectivity index (χ4n) is 3.68. The van der Waals surface area contributed by atoms with Crippen LogP contribution in [-0.4, -0.2) is 33.1 Å². The monoisotopic (exact) mass is 391 g/mol. The SMILES string of the molecule is CCc1ccc(N2C[C@H](C(=O)Nc3cnc4c(cnn4C(C)C)c3)CC2=O)cc1. The third-order valence-corrected chi connectivity index (χ3v) is 5.34. The van der Waals surface area contributed by atoms with Crippen LogP contribution in [0.1, 0.15) is 38.8 Å². The van der Waals surface area contributed by atoms with Crippen molar-refractivity contribution in [2.45, 2.75) is 39.7 Å². The highest BCUT2D eigenvalue weighted by Crippen LogP contribution is 2.27. The van der Waals surface area contributed by atoms with E-state index in [0.717, 1.165) is 23.1 Å². The second-order valence-electron chi connectivity index (χ2n) is 7.73. The van der Waals surface area contributed by atoms with Crippen LogP contribution in [0.3, 0.4) is 0 Å². The van der Waals surface area contributed by atoms with Gasteiger partial charge < -0.3 is 10.2 Å². The van der Waals surface area contributed by atoms with E-state index in [4.69, 9.17) is 0 Å². The Kier molecular flexibility index (Phi) is 5.05. The van der Waals surface area contributed by atoms with Crippen molar-refractivity contribution in [1.29, 1.82) is 0 Å². The molecule has 0 radical (unpaired) electrons. The molecule has 1 aliphatic rings. The van der Waals surface area contributed by atoms with E-state index in [9.17, 15) is 9.59 Å². The largest absolute Gasteiger partial charge is 0.324 e. The summed E-state index contributed by atoms with van der Waals surface area (Å²) < 4.78 is 1.85. The highest BCUT2D eigenvalue weighted by Gasteiger charge is 2.35. The summed E-state index contributed by atoms with van der Waals surface area (Å²) in [6, 6.07) is 10.0. The fourth-order valence-corrected chi connectivity index (χ4v) is 3.68. The summed E-state index contributed by atoms with van der Waals surface area (Å²) in [4.78, 5) is 31.3. The van der Waals surface area contributed by atoms with Crippen molar-refractivity contribution < 1.29 is 9.59 Å². The van der Waals surface area contributed by atoms with Crippen molar-refractivity contribution in [3.05, 3.63) is 48.3 Å². The Balaban J connectivity index is 1.46. The first kappa shape index (κ1) is 19.1. The maximum atomic E-state index is 12.7. The molecule has 2 aromatic heterocycles. The molecule has 0 unspecified atom stereocenters. The Morgan fingerprint density at radius 2 is 2.00 bits per heavy atom. The van der Waals surface area contributed by atoms with Crippen molar-refractivity contribution >= 4 is 34.2 Å². The number of hydrogen-bond acceptors (Lipinski definition) is 4. The average Bonchev–Trinajstić information content (AvgIpc) is 3.31. The van der Waals surface area contributed by atoms with Crippen LogP contribution < -0.4 is 10.2 Å². The molecule has 29 heavy (non-hydrogen) atoms. The predicted octanol–water partition coefficient (Wildman–Crippen LogP) is 3.57. The minimum Gasteiger partial charge on any atom is -0.324 e. The third kappa shape index (κ3) is 3.72. The zero-order chi connectivity index (χ0) is 20.5. The fraction of sp³-hybridized carbons (Fsp3) is 0.364. The number of nitrogens with one attached hydrogen (secondary N) is 1. The van der Waals surface area contributed by atoms with E-state index in [0.29, 0.717) is 12.2 Å². The molecule has 7 nitrogen and oxygen atoms in total. The van der Waals surface area contributed by atoms with Gasteiger partial charge in [-0.2, -0.15) is 5.10 Å². The predicted molar refractivity (Wildman–Crippen MR) is 113 cm³/mol. The average molecular weight is 391 g/mol. The number of aryl methyl sites for hydroxylation is 1. The lowest BCUT2D eigenvalue weighted by Crippen LogP contribution is -2.28. The first-order chi connectivity index (χ1) is 14.0. The van der Waals surface area contributed by atoms with Crippen LogP contribution in [0.2, 0.25) is 0 Å². The maximum Gasteiger partial charge on any atom is 0.229 e. The molecule has 3 aromatic rings. The standard InChI is InChI=1S/C22H25N5O2/c1-4-15-5-7-19(8-6-15)26-13-17(10-20(26)28)22(29)25-18-9-16-11-24-27(14(2)3)21(16)23-12-18/h5-9,11-12,14,17H,4,10,13H2,1-3H3,(H,25,29)/t17-/m1/s1. The van der Waals surface area contributed by atoms with Crippen LogP contribution in [0.4, 0.5) is 11.4 Å². The van der Waals surface area contributed by atoms with Gasteiger partial charge in [0.1, 0.15) is 0 Å². The first-order valence-electron chi connectivity index (χ1n) is 9.99. The van der Waals surface area contributed by atoms with E-state index in [1.807, 2.05) is 48.9 Å². The van der Waals surface area contributed by atoms with Gasteiger partial charge in [-0.15, -0.1) is 0 Å². The highest BCUT2D eigenvalue weighted by molar-refractivity contribution is 6.03. The molecule has 0 saturated carbocycles. The quantitative estimate of drug-likeness (QED) is 0.721. The van der Waals surface area contributed by atoms with Gasteiger partial charge in [0, 0.05) is 30.1 Å². The Bertz CT molecular complexity index is 1050. The number of carbonyl (C=O) groups is 2. The van der Waals surface area contributed by atoms with Crippen LogP contribution in [0, 0.1) is 5.92 Å². The number of hydrogen-bond donors (Lipinski definition) is 1. The smallest absolute Gasteiger partial charge is 0.229 e. The molecule has 1 N–H and O–H groups in total. The summed E-state index contributed by atoms with van der Waals surface area (Å²) in [5.41, 5.74) is 3.46. The van der Waals surface area contributed by atoms with Crippen molar-refractivity contribution in [2.24, 2.45) is 5.92 Å². The summed E-state index contributed by atoms with van der Waals surface area (Å²) in [6.45, 7) is 6.57. The van der Waals surface area contributed by atoms with Crippen molar-refractivity contribution in [1.82, 2.24) is 14.8 Å². The molecule has 1 aliphatic heterocycles. The van der Waals surface area contributed by atoms with Gasteiger partial charge in [0.2, 0.25) is 11.8 Å². The summed E-state index contributed by atoms with van der Waals surface area (Å²) in [7, 11) is 0. The van der Waals surface area contributed by atoms with Gasteiger partial charge in [0.05, 0.1) is 24.0 Å². The summed E-state index contributed by atoms with van der Waals surface area (Å²) in [5.74, 6) is -0.577. The number of aromatic nitrogens is 3. The lowest BCUT2D eigenvalue weighted by Gasteiger charge is -2.17. The van der Waals surface area contributed by atoms with Gasteiger partial charge >= 0.3 is 0 Å². The van der Waals surface area contributed by atoms with Gasteiger partial charge in [0.25, 0.3) is 0 Å². The number of anilines is 2. The number of nitrogens with zero attached hydrogens (tertiary/aromatic N) is 4. The number of pyridine rings is 1. The van der Waals surface area contributed by atoms with E-state index >= 15 is 0 Å². The molecule has 0 bridgehead atoms. The van der Waals surface area contributed by atoms with Crippen LogP contribution >= 0.6 is 0 Å². The number of amides is 2. The van der Waals surface area contributed by atoms with E-state index < -0.39 is 0 Å². The molecule has 1 fully saturated rings. The topological polar surface area (TPSA) is 80.1 Å². The molecule has 150 valence electrons. The lowest BCUT2D eigenvalue weighted by atomic mass is 10.1. The van der Waals surface area contributed by atoms with Crippen LogP contribution in [0.5, 0.6) is 0 Å². The van der Waals surface area contributed by atoms with Gasteiger partial charge in [-0.25, -0.2) is 9.67 Å². The van der Waals surface area contributed by atoms with Gasteiger partial charge in [0.15, 0.2) is 5.65 Å². The normalized spacial score (nSPS) is 16.8. The van der Waals surface area contributed by atoms with Crippen LogP contribution in [0.25, 0.3) is 11.0 Å². The van der Waals surface area contributed by atoms with Crippen LogP contribution in [-0.2, 0) is 16.0 Å². The van der Waals surface area contributed by atoms with E-state index in [-0.39, 0.29) is 30.2 Å². The number of benzene rings is 1. The molecular formula is C22H25N5O2. The molecular weight excluding hydrogens is 366 g/mol. The molecule has 2 amide bonds. The summed E-state index contributed by atoms with van der Waals surface area (Å²) >= 11 is 0. The Hall–Kier alpha value is -3.22. The zero-order valence-corrected chi connectivity index (χ0v) is 16.9. The van der Waals surface area contributed by atoms with Gasteiger partial charge in [-0.3, -0.25) is 9.59 Å². The van der Waals surface area contributed by atoms with Gasteiger partial charge in [-0.05, 0) is 44.0 Å². The molecule has 4 rings (SSSR count). The molecule has 7 heteroatoms. The van der Waals surface area contributed by atoms with Gasteiger partial charge in [-0.1, -0.05) is 19.1 Å². The minimum absolute atomic E-state index is 0.0267. The number of rotatable bonds is 5. The van der Waals surface area contributed by atoms with Crippen molar-refractivity contribution in [3.63, 3.8) is 0 Å². The minimum atomic E-state index is -0.387. The molecule has 0 spiro atoms. The zero-order valence-electron chi connectivity index (χ0n) is 16.9. The Morgan fingerprint density at radius 3 is 2.69 bits per heavy atom. The first-order valence-corrected chi connectivity index (χ1v) is 9.99. The highest BCUT2D eigenvalue weighted by atomic mass is 16.2. The van der Waals surface area contributed by atoms with E-state index in [1.165, 1.54) is 5.56 Å². The maximum absolute atomic E-state index is 12.7. The van der Waals surface area contributed by atoms with Crippen molar-refractivity contribution in [2.75, 3.05) is 16.8 Å². The van der Waals surface area contributed by atoms with E-state index in [1.54, 1.807) is 17.3 Å². The molecule has 3 heterocycles. The second kappa shape index (κ2) is 7.66. The van der Waals surface area contributed by atoms with E-state index in [2.05, 4.69) is 22.3 Å². The molecule has 1 aromatic carbocycles. The molecule has 0 aliphatic carbocycles.